The van der Waals surface area contributed by atoms with Crippen LogP contribution < -0.4 is 10.2 Å². The van der Waals surface area contributed by atoms with Gasteiger partial charge in [-0.1, -0.05) is 54.3 Å². The Bertz CT molecular complexity index is 1190. The van der Waals surface area contributed by atoms with Gasteiger partial charge in [-0.3, -0.25) is 9.59 Å². The fraction of sp³-hybridized carbons (Fsp3) is 0.357. The molecule has 3 aromatic rings. The second kappa shape index (κ2) is 9.78. The van der Waals surface area contributed by atoms with Crippen molar-refractivity contribution in [2.24, 2.45) is 0 Å². The lowest BCUT2D eigenvalue weighted by molar-refractivity contribution is -0.121. The monoisotopic (exact) mass is 491 g/mol. The van der Waals surface area contributed by atoms with Gasteiger partial charge in [0.15, 0.2) is 5.76 Å². The second-order valence-corrected chi connectivity index (χ2v) is 9.94. The molecule has 7 heteroatoms. The highest BCUT2D eigenvalue weighted by molar-refractivity contribution is 6.33. The average molecular weight is 492 g/mol. The van der Waals surface area contributed by atoms with Crippen LogP contribution in [0.25, 0.3) is 0 Å². The van der Waals surface area contributed by atoms with Gasteiger partial charge in [0.25, 0.3) is 5.91 Å². The van der Waals surface area contributed by atoms with Crippen LogP contribution >= 0.6 is 11.6 Å². The number of furan rings is 1. The molecule has 1 saturated heterocycles. The maximum atomic E-state index is 13.5. The summed E-state index contributed by atoms with van der Waals surface area (Å²) in [5.74, 6) is 0.309. The largest absolute Gasteiger partial charge is 0.459 e. The summed E-state index contributed by atoms with van der Waals surface area (Å²) < 4.78 is 5.24. The van der Waals surface area contributed by atoms with Gasteiger partial charge in [0.2, 0.25) is 5.91 Å². The summed E-state index contributed by atoms with van der Waals surface area (Å²) in [7, 11) is 0. The number of carbonyl (C=O) groups excluding carboxylic acids is 2. The number of nitrogens with one attached hydrogen (secondary N) is 1. The predicted molar refractivity (Wildman–Crippen MR) is 138 cm³/mol. The first-order chi connectivity index (χ1) is 17.0. The summed E-state index contributed by atoms with van der Waals surface area (Å²) in [6, 6.07) is 17.4. The van der Waals surface area contributed by atoms with E-state index in [1.165, 1.54) is 11.8 Å². The quantitative estimate of drug-likeness (QED) is 0.500. The topological polar surface area (TPSA) is 65.8 Å². The van der Waals surface area contributed by atoms with Gasteiger partial charge < -0.3 is 19.5 Å². The Morgan fingerprint density at radius 1 is 0.971 bits per heavy atom. The lowest BCUT2D eigenvalue weighted by Gasteiger charge is -2.36. The standard InChI is InChI=1S/C28H30ClN3O3/c1-20-6-8-21(9-7-20)28(12-2-3-13-28)27(34)30-22-10-11-24(23(29)19-22)31-14-16-32(17-15-31)26(33)25-5-4-18-35-25/h4-11,18-19H,2-3,12-17H2,1H3,(H,30,34). The lowest BCUT2D eigenvalue weighted by atomic mass is 9.77. The van der Waals surface area contributed by atoms with Gasteiger partial charge in [-0.15, -0.1) is 0 Å². The summed E-state index contributed by atoms with van der Waals surface area (Å²) >= 11 is 6.67. The zero-order valence-electron chi connectivity index (χ0n) is 19.9. The zero-order valence-corrected chi connectivity index (χ0v) is 20.7. The van der Waals surface area contributed by atoms with Crippen LogP contribution in [0.15, 0.2) is 65.3 Å². The van der Waals surface area contributed by atoms with Crippen molar-refractivity contribution in [3.05, 3.63) is 82.8 Å². The van der Waals surface area contributed by atoms with Gasteiger partial charge >= 0.3 is 0 Å². The highest BCUT2D eigenvalue weighted by atomic mass is 35.5. The van der Waals surface area contributed by atoms with E-state index in [9.17, 15) is 9.59 Å². The van der Waals surface area contributed by atoms with Crippen molar-refractivity contribution in [2.45, 2.75) is 38.0 Å². The van der Waals surface area contributed by atoms with E-state index in [2.05, 4.69) is 41.4 Å². The number of nitrogens with zero attached hydrogens (tertiary/aromatic N) is 2. The molecule has 1 aromatic heterocycles. The molecule has 2 amide bonds. The first-order valence-electron chi connectivity index (χ1n) is 12.2. The second-order valence-electron chi connectivity index (χ2n) is 9.53. The maximum Gasteiger partial charge on any atom is 0.289 e. The van der Waals surface area contributed by atoms with Gasteiger partial charge in [0.05, 0.1) is 22.4 Å². The van der Waals surface area contributed by atoms with E-state index in [4.69, 9.17) is 16.0 Å². The average Bonchev–Trinajstić information content (AvgIpc) is 3.58. The van der Waals surface area contributed by atoms with Gasteiger partial charge in [0.1, 0.15) is 0 Å². The van der Waals surface area contributed by atoms with Gasteiger partial charge in [0, 0.05) is 31.9 Å². The van der Waals surface area contributed by atoms with Crippen molar-refractivity contribution >= 4 is 34.8 Å². The number of aryl methyl sites for hydroxylation is 1. The third-order valence-corrected chi connectivity index (χ3v) is 7.64. The molecule has 2 fully saturated rings. The highest BCUT2D eigenvalue weighted by Crippen LogP contribution is 2.42. The summed E-state index contributed by atoms with van der Waals surface area (Å²) in [6.07, 6.45) is 5.33. The van der Waals surface area contributed by atoms with Crippen molar-refractivity contribution in [1.82, 2.24) is 4.90 Å². The van der Waals surface area contributed by atoms with Crippen LogP contribution in [0.1, 0.15) is 47.4 Å². The lowest BCUT2D eigenvalue weighted by Crippen LogP contribution is -2.48. The summed E-state index contributed by atoms with van der Waals surface area (Å²) in [4.78, 5) is 30.0. The smallest absolute Gasteiger partial charge is 0.289 e. The number of piperazine rings is 1. The maximum absolute atomic E-state index is 13.5. The van der Waals surface area contributed by atoms with Crippen molar-refractivity contribution in [2.75, 3.05) is 36.4 Å². The fourth-order valence-electron chi connectivity index (χ4n) is 5.30. The zero-order chi connectivity index (χ0) is 24.4. The molecule has 6 nitrogen and oxygen atoms in total. The Kier molecular flexibility index (Phi) is 6.56. The Morgan fingerprint density at radius 3 is 2.31 bits per heavy atom. The van der Waals surface area contributed by atoms with Crippen LogP contribution in [-0.2, 0) is 10.2 Å². The van der Waals surface area contributed by atoms with Gasteiger partial charge in [-0.05, 0) is 55.7 Å². The Hall–Kier alpha value is -3.25. The molecule has 0 atom stereocenters. The first-order valence-corrected chi connectivity index (χ1v) is 12.6. The summed E-state index contributed by atoms with van der Waals surface area (Å²) in [6.45, 7) is 4.59. The minimum Gasteiger partial charge on any atom is -0.459 e. The molecular formula is C28H30ClN3O3. The molecule has 0 radical (unpaired) electrons. The third-order valence-electron chi connectivity index (χ3n) is 7.34. The number of hydrogen-bond donors (Lipinski definition) is 1. The molecule has 35 heavy (non-hydrogen) atoms. The van der Waals surface area contributed by atoms with Crippen molar-refractivity contribution in [3.63, 3.8) is 0 Å². The molecule has 2 aromatic carbocycles. The number of carbonyl (C=O) groups is 2. The number of hydrogen-bond acceptors (Lipinski definition) is 4. The molecular weight excluding hydrogens is 462 g/mol. The number of rotatable bonds is 5. The number of anilines is 2. The van der Waals surface area contributed by atoms with Crippen LogP contribution in [0.3, 0.4) is 0 Å². The van der Waals surface area contributed by atoms with Gasteiger partial charge in [-0.2, -0.15) is 0 Å². The van der Waals surface area contributed by atoms with Crippen molar-refractivity contribution in [3.8, 4) is 0 Å². The van der Waals surface area contributed by atoms with E-state index in [1.807, 2.05) is 18.2 Å². The number of halogens is 1. The molecule has 1 N–H and O–H groups in total. The minimum atomic E-state index is -0.490. The van der Waals surface area contributed by atoms with Crippen LogP contribution in [-0.4, -0.2) is 42.9 Å². The summed E-state index contributed by atoms with van der Waals surface area (Å²) in [5.41, 5.74) is 3.40. The van der Waals surface area contributed by atoms with Crippen LogP contribution in [0.2, 0.25) is 5.02 Å². The molecule has 0 spiro atoms. The van der Waals surface area contributed by atoms with Crippen LogP contribution in [0.5, 0.6) is 0 Å². The summed E-state index contributed by atoms with van der Waals surface area (Å²) in [5, 5.41) is 3.73. The van der Waals surface area contributed by atoms with E-state index < -0.39 is 5.41 Å². The SMILES string of the molecule is Cc1ccc(C2(C(=O)Nc3ccc(N4CCN(C(=O)c5ccco5)CC4)c(Cl)c3)CCCC2)cc1. The minimum absolute atomic E-state index is 0.0349. The van der Waals surface area contributed by atoms with Gasteiger partial charge in [-0.25, -0.2) is 0 Å². The highest BCUT2D eigenvalue weighted by Gasteiger charge is 2.42. The molecule has 0 bridgehead atoms. The molecule has 1 aliphatic heterocycles. The molecule has 5 rings (SSSR count). The Balaban J connectivity index is 1.26. The van der Waals surface area contributed by atoms with E-state index in [1.54, 1.807) is 17.0 Å². The number of benzene rings is 2. The van der Waals surface area contributed by atoms with E-state index in [0.29, 0.717) is 42.6 Å². The first kappa shape index (κ1) is 23.5. The van der Waals surface area contributed by atoms with E-state index in [0.717, 1.165) is 36.9 Å². The molecule has 2 heterocycles. The molecule has 2 aliphatic rings. The van der Waals surface area contributed by atoms with Crippen molar-refractivity contribution in [1.29, 1.82) is 0 Å². The Labute approximate surface area is 210 Å². The van der Waals surface area contributed by atoms with E-state index >= 15 is 0 Å². The molecule has 1 saturated carbocycles. The predicted octanol–water partition coefficient (Wildman–Crippen LogP) is 5.65. The van der Waals surface area contributed by atoms with E-state index in [-0.39, 0.29) is 11.8 Å². The third kappa shape index (κ3) is 4.67. The normalized spacial score (nSPS) is 17.4. The van der Waals surface area contributed by atoms with Crippen molar-refractivity contribution < 1.29 is 14.0 Å². The van der Waals surface area contributed by atoms with Crippen LogP contribution in [0.4, 0.5) is 11.4 Å². The number of amides is 2. The molecule has 0 unspecified atom stereocenters. The molecule has 182 valence electrons. The molecule has 1 aliphatic carbocycles. The fourth-order valence-corrected chi connectivity index (χ4v) is 5.60. The Morgan fingerprint density at radius 2 is 1.69 bits per heavy atom. The van der Waals surface area contributed by atoms with Crippen LogP contribution in [0, 0.1) is 6.92 Å².